The lowest BCUT2D eigenvalue weighted by Gasteiger charge is -2.16. The molecular formula is C16H32Cl2O7. The van der Waals surface area contributed by atoms with Crippen molar-refractivity contribution in [3.05, 3.63) is 0 Å². The molecule has 0 aliphatic rings. The molecule has 3 atom stereocenters. The molecule has 9 heteroatoms. The van der Waals surface area contributed by atoms with Crippen LogP contribution in [0.4, 0.5) is 0 Å². The van der Waals surface area contributed by atoms with Crippen LogP contribution in [0.5, 0.6) is 0 Å². The molecule has 3 unspecified atom stereocenters. The molecule has 7 nitrogen and oxygen atoms in total. The Morgan fingerprint density at radius 2 is 1.12 bits per heavy atom. The van der Waals surface area contributed by atoms with E-state index in [1.165, 1.54) is 0 Å². The highest BCUT2D eigenvalue weighted by molar-refractivity contribution is 6.18. The van der Waals surface area contributed by atoms with Crippen LogP contribution in [0.25, 0.3) is 0 Å². The molecule has 0 saturated heterocycles. The van der Waals surface area contributed by atoms with Gasteiger partial charge in [0.1, 0.15) is 0 Å². The maximum atomic E-state index is 9.21. The highest BCUT2D eigenvalue weighted by Crippen LogP contribution is 1.99. The van der Waals surface area contributed by atoms with Crippen LogP contribution < -0.4 is 0 Å². The molecule has 0 spiro atoms. The Balaban J connectivity index is 3.39. The van der Waals surface area contributed by atoms with E-state index in [4.69, 9.17) is 46.9 Å². The number of ether oxygens (including phenoxy) is 5. The molecule has 0 bridgehead atoms. The molecule has 25 heavy (non-hydrogen) atoms. The molecule has 0 fully saturated rings. The Morgan fingerprint density at radius 1 is 0.680 bits per heavy atom. The molecule has 0 saturated carbocycles. The largest absolute Gasteiger partial charge is 0.389 e. The van der Waals surface area contributed by atoms with Crippen molar-refractivity contribution in [2.45, 2.75) is 31.7 Å². The van der Waals surface area contributed by atoms with E-state index in [0.717, 1.165) is 6.42 Å². The predicted octanol–water partition coefficient (Wildman–Crippen LogP) is 1.05. The molecule has 0 aliphatic carbocycles. The molecular weight excluding hydrogens is 375 g/mol. The van der Waals surface area contributed by atoms with Crippen LogP contribution in [0.3, 0.4) is 0 Å². The Kier molecular flexibility index (Phi) is 19.3. The van der Waals surface area contributed by atoms with E-state index >= 15 is 0 Å². The Morgan fingerprint density at radius 3 is 1.60 bits per heavy atom. The smallest absolute Gasteiger partial charge is 0.0908 e. The van der Waals surface area contributed by atoms with Gasteiger partial charge in [0.25, 0.3) is 0 Å². The monoisotopic (exact) mass is 406 g/mol. The van der Waals surface area contributed by atoms with Gasteiger partial charge in [-0.25, -0.2) is 0 Å². The fourth-order valence-corrected chi connectivity index (χ4v) is 1.82. The summed E-state index contributed by atoms with van der Waals surface area (Å²) in [6, 6.07) is 0. The van der Waals surface area contributed by atoms with Gasteiger partial charge in [-0.2, -0.15) is 0 Å². The van der Waals surface area contributed by atoms with Crippen molar-refractivity contribution in [3.8, 4) is 0 Å². The average Bonchev–Trinajstić information content (AvgIpc) is 2.64. The molecule has 0 aromatic heterocycles. The van der Waals surface area contributed by atoms with Gasteiger partial charge in [0, 0.05) is 0 Å². The lowest BCUT2D eigenvalue weighted by molar-refractivity contribution is -0.0572. The van der Waals surface area contributed by atoms with Crippen LogP contribution in [0.2, 0.25) is 0 Å². The quantitative estimate of drug-likeness (QED) is 0.245. The Labute approximate surface area is 160 Å². The van der Waals surface area contributed by atoms with E-state index in [1.54, 1.807) is 0 Å². The zero-order valence-electron chi connectivity index (χ0n) is 14.9. The molecule has 0 amide bonds. The fraction of sp³-hybridized carbons (Fsp3) is 1.00. The van der Waals surface area contributed by atoms with Gasteiger partial charge in [0.15, 0.2) is 0 Å². The minimum Gasteiger partial charge on any atom is -0.389 e. The second-order valence-electron chi connectivity index (χ2n) is 5.35. The third-order valence-corrected chi connectivity index (χ3v) is 3.77. The van der Waals surface area contributed by atoms with E-state index in [9.17, 15) is 10.2 Å². The zero-order chi connectivity index (χ0) is 18.8. The van der Waals surface area contributed by atoms with Crippen molar-refractivity contribution in [2.24, 2.45) is 0 Å². The number of halogens is 2. The van der Waals surface area contributed by atoms with Crippen LogP contribution in [0.1, 0.15) is 13.3 Å². The molecule has 0 rings (SSSR count). The number of rotatable bonds is 19. The van der Waals surface area contributed by atoms with Gasteiger partial charge in [0.05, 0.1) is 89.5 Å². The minimum absolute atomic E-state index is 0.00662. The number of aliphatic hydroxyl groups is 2. The Hall–Kier alpha value is 0.300. The van der Waals surface area contributed by atoms with Crippen molar-refractivity contribution in [1.29, 1.82) is 0 Å². The first-order valence-corrected chi connectivity index (χ1v) is 9.61. The van der Waals surface area contributed by atoms with Crippen molar-refractivity contribution >= 4 is 23.2 Å². The summed E-state index contributed by atoms with van der Waals surface area (Å²) < 4.78 is 26.9. The first kappa shape index (κ1) is 25.3. The summed E-state index contributed by atoms with van der Waals surface area (Å²) >= 11 is 10.9. The van der Waals surface area contributed by atoms with Gasteiger partial charge in [-0.1, -0.05) is 6.92 Å². The van der Waals surface area contributed by atoms with E-state index in [1.807, 2.05) is 6.92 Å². The van der Waals surface area contributed by atoms with Crippen LogP contribution in [-0.4, -0.2) is 99.7 Å². The van der Waals surface area contributed by atoms with E-state index in [2.05, 4.69) is 0 Å². The molecule has 0 heterocycles. The topological polar surface area (TPSA) is 86.6 Å². The summed E-state index contributed by atoms with van der Waals surface area (Å²) in [6.45, 7) is 5.59. The van der Waals surface area contributed by atoms with Crippen LogP contribution in [0, 0.1) is 0 Å². The van der Waals surface area contributed by atoms with Gasteiger partial charge >= 0.3 is 0 Å². The van der Waals surface area contributed by atoms with Gasteiger partial charge < -0.3 is 33.9 Å². The maximum Gasteiger partial charge on any atom is 0.0908 e. The first-order valence-electron chi connectivity index (χ1n) is 8.54. The predicted molar refractivity (Wildman–Crippen MR) is 96.8 cm³/mol. The summed E-state index contributed by atoms with van der Waals surface area (Å²) in [5.74, 6) is 0.326. The summed E-state index contributed by atoms with van der Waals surface area (Å²) in [6.07, 6.45) is -0.423. The molecule has 0 aromatic rings. The summed E-state index contributed by atoms with van der Waals surface area (Å²) in [5, 5.41) is 18.4. The van der Waals surface area contributed by atoms with Crippen molar-refractivity contribution in [3.63, 3.8) is 0 Å². The van der Waals surface area contributed by atoms with Gasteiger partial charge in [-0.05, 0) is 6.42 Å². The summed E-state index contributed by atoms with van der Waals surface area (Å²) in [4.78, 5) is 0. The second-order valence-corrected chi connectivity index (χ2v) is 5.97. The van der Waals surface area contributed by atoms with Crippen LogP contribution in [-0.2, 0) is 23.7 Å². The van der Waals surface area contributed by atoms with Crippen molar-refractivity contribution in [1.82, 2.24) is 0 Å². The molecule has 0 radical (unpaired) electrons. The highest BCUT2D eigenvalue weighted by atomic mass is 35.5. The normalized spacial score (nSPS) is 15.2. The maximum absolute atomic E-state index is 9.21. The third kappa shape index (κ3) is 17.5. The van der Waals surface area contributed by atoms with Crippen molar-refractivity contribution < 1.29 is 33.9 Å². The summed E-state index contributed by atoms with van der Waals surface area (Å²) in [5.41, 5.74) is 0. The second kappa shape index (κ2) is 19.1. The standard InChI is InChI=1S/C16H32Cl2O7/c1-2-16(13-24-6-5-23-12-15(20)10-18)25-8-7-21-3-4-22-11-14(19)9-17/h14-16,19-20H,2-13H2,1H3. The van der Waals surface area contributed by atoms with Gasteiger partial charge in [0.2, 0.25) is 0 Å². The molecule has 0 aromatic carbocycles. The molecule has 0 aliphatic heterocycles. The van der Waals surface area contributed by atoms with E-state index in [-0.39, 0.29) is 31.1 Å². The number of hydrogen-bond acceptors (Lipinski definition) is 7. The van der Waals surface area contributed by atoms with E-state index < -0.39 is 12.2 Å². The van der Waals surface area contributed by atoms with Gasteiger partial charge in [-0.3, -0.25) is 0 Å². The zero-order valence-corrected chi connectivity index (χ0v) is 16.4. The van der Waals surface area contributed by atoms with Crippen LogP contribution >= 0.6 is 23.2 Å². The minimum atomic E-state index is -0.635. The van der Waals surface area contributed by atoms with Crippen molar-refractivity contribution in [2.75, 3.05) is 71.2 Å². The fourth-order valence-electron chi connectivity index (χ4n) is 1.64. The highest BCUT2D eigenvalue weighted by Gasteiger charge is 2.07. The average molecular weight is 407 g/mol. The Bertz CT molecular complexity index is 275. The third-order valence-electron chi connectivity index (χ3n) is 3.06. The SMILES string of the molecule is CCC(COCCOCC(O)CCl)OCCOCCOCC(O)CCl. The summed E-state index contributed by atoms with van der Waals surface area (Å²) in [7, 11) is 0. The lowest BCUT2D eigenvalue weighted by atomic mass is 10.3. The van der Waals surface area contributed by atoms with E-state index in [0.29, 0.717) is 46.2 Å². The lowest BCUT2D eigenvalue weighted by Crippen LogP contribution is -2.24. The molecule has 2 N–H and O–H groups in total. The first-order chi connectivity index (χ1) is 12.1. The number of alkyl halides is 2. The number of aliphatic hydroxyl groups excluding tert-OH is 2. The number of hydrogen-bond donors (Lipinski definition) is 2. The van der Waals surface area contributed by atoms with Crippen LogP contribution in [0.15, 0.2) is 0 Å². The molecule has 152 valence electrons. The van der Waals surface area contributed by atoms with Gasteiger partial charge in [-0.15, -0.1) is 23.2 Å².